The molecule has 0 bridgehead atoms. The predicted octanol–water partition coefficient (Wildman–Crippen LogP) is 2.43. The highest BCUT2D eigenvalue weighted by atomic mass is 32.1. The van der Waals surface area contributed by atoms with E-state index in [2.05, 4.69) is 25.6 Å². The second kappa shape index (κ2) is 5.96. The van der Waals surface area contributed by atoms with E-state index in [1.807, 2.05) is 33.8 Å². The van der Waals surface area contributed by atoms with Gasteiger partial charge in [-0.25, -0.2) is 15.0 Å². The fourth-order valence-corrected chi connectivity index (χ4v) is 2.33. The van der Waals surface area contributed by atoms with Crippen molar-refractivity contribution in [3.63, 3.8) is 0 Å². The highest BCUT2D eigenvalue weighted by Crippen LogP contribution is 2.19. The van der Waals surface area contributed by atoms with Gasteiger partial charge in [-0.05, 0) is 33.8 Å². The third-order valence-corrected chi connectivity index (χ3v) is 3.12. The Balaban J connectivity index is 2.11. The molecular weight excluding hydrogens is 274 g/mol. The van der Waals surface area contributed by atoms with Crippen LogP contribution in [0.15, 0.2) is 11.4 Å². The lowest BCUT2D eigenvalue weighted by Crippen LogP contribution is -2.30. The minimum absolute atomic E-state index is 0.0864. The molecule has 0 aliphatic rings. The fourth-order valence-electron chi connectivity index (χ4n) is 1.65. The number of rotatable bonds is 4. The number of hydrogen-bond donors (Lipinski definition) is 2. The molecule has 0 saturated heterocycles. The van der Waals surface area contributed by atoms with Crippen LogP contribution in [-0.2, 0) is 0 Å². The number of nitrogens with zero attached hydrogens (tertiary/aromatic N) is 3. The van der Waals surface area contributed by atoms with E-state index in [-0.39, 0.29) is 11.9 Å². The number of carbonyl (C=O) groups is 1. The van der Waals surface area contributed by atoms with Crippen molar-refractivity contribution in [1.29, 1.82) is 0 Å². The van der Waals surface area contributed by atoms with Crippen LogP contribution < -0.4 is 10.6 Å². The fraction of sp³-hybridized carbons (Fsp3) is 0.385. The summed E-state index contributed by atoms with van der Waals surface area (Å²) in [6, 6.07) is 1.98. The van der Waals surface area contributed by atoms with Crippen molar-refractivity contribution in [1.82, 2.24) is 20.3 Å². The third-order valence-electron chi connectivity index (χ3n) is 2.36. The quantitative estimate of drug-likeness (QED) is 0.904. The molecule has 6 nitrogen and oxygen atoms in total. The maximum atomic E-state index is 11.8. The first-order valence-corrected chi connectivity index (χ1v) is 7.17. The van der Waals surface area contributed by atoms with Crippen molar-refractivity contribution in [2.75, 3.05) is 5.32 Å². The number of hydrogen-bond acceptors (Lipinski definition) is 6. The van der Waals surface area contributed by atoms with Gasteiger partial charge in [-0.15, -0.1) is 11.3 Å². The largest absolute Gasteiger partial charge is 0.349 e. The summed E-state index contributed by atoms with van der Waals surface area (Å²) in [7, 11) is 0. The molecule has 0 aromatic carbocycles. The monoisotopic (exact) mass is 291 g/mol. The van der Waals surface area contributed by atoms with E-state index in [1.165, 1.54) is 11.3 Å². The van der Waals surface area contributed by atoms with Crippen molar-refractivity contribution in [2.24, 2.45) is 0 Å². The smallest absolute Gasteiger partial charge is 0.271 e. The number of carbonyl (C=O) groups excluding carboxylic acids is 1. The van der Waals surface area contributed by atoms with E-state index in [0.717, 1.165) is 11.4 Å². The molecule has 106 valence electrons. The Hall–Kier alpha value is -2.02. The van der Waals surface area contributed by atoms with Gasteiger partial charge in [0.1, 0.15) is 5.69 Å². The summed E-state index contributed by atoms with van der Waals surface area (Å²) in [6.07, 6.45) is 0. The van der Waals surface area contributed by atoms with Gasteiger partial charge < -0.3 is 10.6 Å². The van der Waals surface area contributed by atoms with Gasteiger partial charge in [0.05, 0.1) is 0 Å². The van der Waals surface area contributed by atoms with Crippen LogP contribution in [0.4, 0.5) is 11.1 Å². The maximum absolute atomic E-state index is 11.8. The molecule has 2 heterocycles. The highest BCUT2D eigenvalue weighted by molar-refractivity contribution is 7.14. The van der Waals surface area contributed by atoms with Crippen LogP contribution in [0, 0.1) is 13.8 Å². The third kappa shape index (κ3) is 3.74. The van der Waals surface area contributed by atoms with E-state index in [9.17, 15) is 4.79 Å². The standard InChI is InChI=1S/C13H17N5OS/c1-7(2)14-11(19)10-6-20-13(17-10)18-12-15-8(3)5-9(4)16-12/h5-7H,1-4H3,(H,14,19)(H,15,16,17,18). The summed E-state index contributed by atoms with van der Waals surface area (Å²) < 4.78 is 0. The van der Waals surface area contributed by atoms with Crippen LogP contribution in [-0.4, -0.2) is 26.9 Å². The first kappa shape index (κ1) is 14.4. The molecule has 1 amide bonds. The van der Waals surface area contributed by atoms with Gasteiger partial charge in [0.25, 0.3) is 5.91 Å². The summed E-state index contributed by atoms with van der Waals surface area (Å²) in [5.41, 5.74) is 2.17. The number of nitrogens with one attached hydrogen (secondary N) is 2. The van der Waals surface area contributed by atoms with Gasteiger partial charge in [0.15, 0.2) is 5.13 Å². The van der Waals surface area contributed by atoms with Gasteiger partial charge in [-0.2, -0.15) is 0 Å². The number of anilines is 2. The van der Waals surface area contributed by atoms with Gasteiger partial charge in [0, 0.05) is 22.8 Å². The summed E-state index contributed by atoms with van der Waals surface area (Å²) >= 11 is 1.35. The van der Waals surface area contributed by atoms with Crippen molar-refractivity contribution in [2.45, 2.75) is 33.7 Å². The lowest BCUT2D eigenvalue weighted by Gasteiger charge is -2.05. The van der Waals surface area contributed by atoms with E-state index < -0.39 is 0 Å². The van der Waals surface area contributed by atoms with E-state index in [1.54, 1.807) is 5.38 Å². The normalized spacial score (nSPS) is 10.7. The molecule has 0 atom stereocenters. The van der Waals surface area contributed by atoms with Crippen LogP contribution in [0.5, 0.6) is 0 Å². The van der Waals surface area contributed by atoms with Crippen LogP contribution in [0.1, 0.15) is 35.7 Å². The average molecular weight is 291 g/mol. The maximum Gasteiger partial charge on any atom is 0.271 e. The molecule has 20 heavy (non-hydrogen) atoms. The zero-order valence-corrected chi connectivity index (χ0v) is 12.7. The Bertz CT molecular complexity index is 603. The number of aromatic nitrogens is 3. The topological polar surface area (TPSA) is 79.8 Å². The van der Waals surface area contributed by atoms with Gasteiger partial charge in [0.2, 0.25) is 5.95 Å². The van der Waals surface area contributed by atoms with Crippen molar-refractivity contribution in [3.8, 4) is 0 Å². The second-order valence-electron chi connectivity index (χ2n) is 4.77. The molecule has 2 aromatic heterocycles. The number of thiazole rings is 1. The van der Waals surface area contributed by atoms with Crippen molar-refractivity contribution >= 4 is 28.3 Å². The SMILES string of the molecule is Cc1cc(C)nc(Nc2nc(C(=O)NC(C)C)cs2)n1. The summed E-state index contributed by atoms with van der Waals surface area (Å²) in [5.74, 6) is 0.318. The molecular formula is C13H17N5OS. The van der Waals surface area contributed by atoms with Crippen LogP contribution in [0.25, 0.3) is 0 Å². The van der Waals surface area contributed by atoms with Gasteiger partial charge in [-0.3, -0.25) is 4.79 Å². The average Bonchev–Trinajstić information content (AvgIpc) is 2.75. The number of aryl methyl sites for hydroxylation is 2. The molecule has 0 saturated carbocycles. The van der Waals surface area contributed by atoms with Crippen LogP contribution in [0.3, 0.4) is 0 Å². The Kier molecular flexibility index (Phi) is 4.29. The highest BCUT2D eigenvalue weighted by Gasteiger charge is 2.12. The zero-order valence-electron chi connectivity index (χ0n) is 11.9. The first-order chi connectivity index (χ1) is 9.44. The first-order valence-electron chi connectivity index (χ1n) is 6.29. The van der Waals surface area contributed by atoms with Gasteiger partial charge >= 0.3 is 0 Å². The second-order valence-corrected chi connectivity index (χ2v) is 5.62. The molecule has 2 N–H and O–H groups in total. The van der Waals surface area contributed by atoms with Crippen LogP contribution >= 0.6 is 11.3 Å². The molecule has 0 fully saturated rings. The van der Waals surface area contributed by atoms with E-state index in [0.29, 0.717) is 16.8 Å². The lowest BCUT2D eigenvalue weighted by molar-refractivity contribution is 0.0939. The summed E-state index contributed by atoms with van der Waals surface area (Å²) in [6.45, 7) is 7.63. The van der Waals surface area contributed by atoms with E-state index >= 15 is 0 Å². The van der Waals surface area contributed by atoms with Crippen molar-refractivity contribution < 1.29 is 4.79 Å². The lowest BCUT2D eigenvalue weighted by atomic mass is 10.3. The molecule has 0 aliphatic carbocycles. The van der Waals surface area contributed by atoms with Gasteiger partial charge in [-0.1, -0.05) is 0 Å². The molecule has 2 aromatic rings. The van der Waals surface area contributed by atoms with Crippen molar-refractivity contribution in [3.05, 3.63) is 28.5 Å². The molecule has 0 radical (unpaired) electrons. The molecule has 0 spiro atoms. The Morgan fingerprint density at radius 2 is 1.85 bits per heavy atom. The molecule has 0 aliphatic heterocycles. The summed E-state index contributed by atoms with van der Waals surface area (Å²) in [4.78, 5) is 24.6. The number of amides is 1. The predicted molar refractivity (Wildman–Crippen MR) is 79.5 cm³/mol. The molecule has 7 heteroatoms. The molecule has 0 unspecified atom stereocenters. The zero-order chi connectivity index (χ0) is 14.7. The van der Waals surface area contributed by atoms with E-state index in [4.69, 9.17) is 0 Å². The molecule has 2 rings (SSSR count). The Morgan fingerprint density at radius 3 is 2.45 bits per heavy atom. The Morgan fingerprint density at radius 1 is 1.20 bits per heavy atom. The minimum atomic E-state index is -0.175. The summed E-state index contributed by atoms with van der Waals surface area (Å²) in [5, 5.41) is 8.13. The van der Waals surface area contributed by atoms with Crippen LogP contribution in [0.2, 0.25) is 0 Å². The Labute approximate surface area is 121 Å². The minimum Gasteiger partial charge on any atom is -0.349 e.